The molecule has 0 N–H and O–H groups in total. The van der Waals surface area contributed by atoms with E-state index in [0.717, 1.165) is 61.5 Å². The zero-order valence-corrected chi connectivity index (χ0v) is 33.9. The van der Waals surface area contributed by atoms with E-state index < -0.39 is 0 Å². The summed E-state index contributed by atoms with van der Waals surface area (Å²) in [4.78, 5) is 30.2. The predicted molar refractivity (Wildman–Crippen MR) is 219 cm³/mol. The number of unbranched alkanes of at least 4 members (excludes halogenated alkanes) is 14. The van der Waals surface area contributed by atoms with Gasteiger partial charge in [-0.3, -0.25) is 9.59 Å². The van der Waals surface area contributed by atoms with E-state index in [1.807, 2.05) is 24.3 Å². The lowest BCUT2D eigenvalue weighted by atomic mass is 10.0. The number of hydrogen-bond acceptors (Lipinski definition) is 6. The lowest BCUT2D eigenvalue weighted by Crippen LogP contribution is -2.29. The second kappa shape index (κ2) is 30.7. The first-order chi connectivity index (χ1) is 25.5. The number of hydrogen-bond donors (Lipinski definition) is 0. The van der Waals surface area contributed by atoms with Gasteiger partial charge in [-0.2, -0.15) is 0 Å². The molecule has 2 aromatic rings. The lowest BCUT2D eigenvalue weighted by Gasteiger charge is -2.22. The SMILES string of the molecule is CCCCCCCCN(CCCCC)CCC(=O)OCc1ccc(-c2ccc(COC(=O)CCN(CCCCC)CCCCCCCC)cc2)cc1. The van der Waals surface area contributed by atoms with E-state index >= 15 is 0 Å². The molecular weight excluding hydrogens is 645 g/mol. The summed E-state index contributed by atoms with van der Waals surface area (Å²) in [6, 6.07) is 16.4. The van der Waals surface area contributed by atoms with Crippen LogP contribution in [-0.4, -0.2) is 61.0 Å². The summed E-state index contributed by atoms with van der Waals surface area (Å²) in [7, 11) is 0. The summed E-state index contributed by atoms with van der Waals surface area (Å²) in [6.45, 7) is 15.4. The predicted octanol–water partition coefficient (Wildman–Crippen LogP) is 11.9. The third kappa shape index (κ3) is 22.4. The molecule has 0 aromatic heterocycles. The van der Waals surface area contributed by atoms with Crippen molar-refractivity contribution < 1.29 is 19.1 Å². The van der Waals surface area contributed by atoms with Gasteiger partial charge in [0.2, 0.25) is 0 Å². The normalized spacial score (nSPS) is 11.4. The molecule has 0 amide bonds. The van der Waals surface area contributed by atoms with Crippen LogP contribution >= 0.6 is 0 Å². The Labute approximate surface area is 319 Å². The number of nitrogens with zero attached hydrogens (tertiary/aromatic N) is 2. The van der Waals surface area contributed by atoms with Crippen LogP contribution < -0.4 is 0 Å². The average Bonchev–Trinajstić information content (AvgIpc) is 3.17. The summed E-state index contributed by atoms with van der Waals surface area (Å²) < 4.78 is 11.3. The molecule has 0 aliphatic rings. The van der Waals surface area contributed by atoms with Crippen molar-refractivity contribution in [3.8, 4) is 11.1 Å². The van der Waals surface area contributed by atoms with Crippen LogP contribution in [0.5, 0.6) is 0 Å². The Bertz CT molecular complexity index is 1060. The van der Waals surface area contributed by atoms with Gasteiger partial charge < -0.3 is 19.3 Å². The van der Waals surface area contributed by atoms with Crippen molar-refractivity contribution >= 4 is 11.9 Å². The molecule has 294 valence electrons. The second-order valence-corrected chi connectivity index (χ2v) is 14.8. The number of benzene rings is 2. The van der Waals surface area contributed by atoms with Crippen LogP contribution in [0.2, 0.25) is 0 Å². The maximum atomic E-state index is 12.6. The van der Waals surface area contributed by atoms with Crippen LogP contribution in [-0.2, 0) is 32.3 Å². The molecule has 52 heavy (non-hydrogen) atoms. The van der Waals surface area contributed by atoms with Gasteiger partial charge in [-0.1, -0.05) is 166 Å². The maximum absolute atomic E-state index is 12.6. The molecule has 2 aromatic carbocycles. The first kappa shape index (κ1) is 45.5. The van der Waals surface area contributed by atoms with Gasteiger partial charge in [0.25, 0.3) is 0 Å². The highest BCUT2D eigenvalue weighted by Crippen LogP contribution is 2.21. The highest BCUT2D eigenvalue weighted by molar-refractivity contribution is 5.70. The van der Waals surface area contributed by atoms with Crippen LogP contribution in [0.25, 0.3) is 11.1 Å². The molecule has 0 unspecified atom stereocenters. The van der Waals surface area contributed by atoms with Gasteiger partial charge in [-0.25, -0.2) is 0 Å². The summed E-state index contributed by atoms with van der Waals surface area (Å²) in [5, 5.41) is 0. The van der Waals surface area contributed by atoms with Gasteiger partial charge in [0.15, 0.2) is 0 Å². The minimum Gasteiger partial charge on any atom is -0.461 e. The maximum Gasteiger partial charge on any atom is 0.307 e. The molecule has 0 fully saturated rings. The number of esters is 2. The van der Waals surface area contributed by atoms with E-state index in [9.17, 15) is 9.59 Å². The third-order valence-electron chi connectivity index (χ3n) is 10.1. The van der Waals surface area contributed by atoms with E-state index in [-0.39, 0.29) is 11.9 Å². The molecule has 0 aliphatic heterocycles. The number of rotatable bonds is 33. The van der Waals surface area contributed by atoms with Crippen LogP contribution in [0.1, 0.15) is 167 Å². The number of ether oxygens (including phenoxy) is 2. The molecule has 0 spiro atoms. The summed E-state index contributed by atoms with van der Waals surface area (Å²) in [5.41, 5.74) is 4.18. The van der Waals surface area contributed by atoms with E-state index in [4.69, 9.17) is 9.47 Å². The minimum atomic E-state index is -0.124. The highest BCUT2D eigenvalue weighted by Gasteiger charge is 2.12. The molecule has 6 heteroatoms. The van der Waals surface area contributed by atoms with Crippen molar-refractivity contribution in [1.29, 1.82) is 0 Å². The standard InChI is InChI=1S/C46H76N2O4/c1-5-9-13-15-17-21-35-47(33-19-11-7-3)37-31-45(49)51-39-41-23-27-43(28-24-41)44-29-25-42(26-30-44)40-52-46(50)32-38-48(34-20-12-8-4)36-22-18-16-14-10-6-2/h23-30H,5-22,31-40H2,1-4H3. The Morgan fingerprint density at radius 3 is 1.04 bits per heavy atom. The zero-order valence-electron chi connectivity index (χ0n) is 33.9. The number of carbonyl (C=O) groups excluding carboxylic acids is 2. The number of carbonyl (C=O) groups is 2. The van der Waals surface area contributed by atoms with Crippen molar-refractivity contribution in [2.24, 2.45) is 0 Å². The van der Waals surface area contributed by atoms with E-state index in [2.05, 4.69) is 61.8 Å². The summed E-state index contributed by atoms with van der Waals surface area (Å²) in [6.07, 6.45) is 23.7. The van der Waals surface area contributed by atoms with Gasteiger partial charge in [0.1, 0.15) is 13.2 Å². The van der Waals surface area contributed by atoms with Crippen LogP contribution in [0.4, 0.5) is 0 Å². The van der Waals surface area contributed by atoms with Gasteiger partial charge in [0, 0.05) is 13.1 Å². The van der Waals surface area contributed by atoms with Crippen LogP contribution in [0.15, 0.2) is 48.5 Å². The topological polar surface area (TPSA) is 59.1 Å². The molecule has 0 atom stereocenters. The molecular formula is C46H76N2O4. The zero-order chi connectivity index (χ0) is 37.5. The highest BCUT2D eigenvalue weighted by atomic mass is 16.5. The lowest BCUT2D eigenvalue weighted by molar-refractivity contribution is -0.146. The molecule has 0 saturated carbocycles. The van der Waals surface area contributed by atoms with Crippen molar-refractivity contribution in [2.45, 2.75) is 169 Å². The monoisotopic (exact) mass is 721 g/mol. The van der Waals surface area contributed by atoms with Gasteiger partial charge in [-0.15, -0.1) is 0 Å². The molecule has 2 rings (SSSR count). The Morgan fingerprint density at radius 1 is 0.404 bits per heavy atom. The molecule has 0 aliphatic carbocycles. The van der Waals surface area contributed by atoms with Crippen LogP contribution in [0.3, 0.4) is 0 Å². The van der Waals surface area contributed by atoms with Crippen molar-refractivity contribution in [3.05, 3.63) is 59.7 Å². The first-order valence-electron chi connectivity index (χ1n) is 21.4. The van der Waals surface area contributed by atoms with Crippen molar-refractivity contribution in [2.75, 3.05) is 39.3 Å². The fraction of sp³-hybridized carbons (Fsp3) is 0.696. The van der Waals surface area contributed by atoms with Crippen molar-refractivity contribution in [3.63, 3.8) is 0 Å². The Kier molecular flexibility index (Phi) is 26.9. The molecule has 6 nitrogen and oxygen atoms in total. The van der Waals surface area contributed by atoms with Crippen LogP contribution in [0, 0.1) is 0 Å². The second-order valence-electron chi connectivity index (χ2n) is 14.8. The molecule has 0 bridgehead atoms. The quantitative estimate of drug-likeness (QED) is 0.0540. The van der Waals surface area contributed by atoms with E-state index in [0.29, 0.717) is 26.1 Å². The summed E-state index contributed by atoms with van der Waals surface area (Å²) in [5.74, 6) is -0.248. The summed E-state index contributed by atoms with van der Waals surface area (Å²) >= 11 is 0. The first-order valence-corrected chi connectivity index (χ1v) is 21.4. The molecule has 0 heterocycles. The van der Waals surface area contributed by atoms with Gasteiger partial charge in [0.05, 0.1) is 12.8 Å². The smallest absolute Gasteiger partial charge is 0.307 e. The van der Waals surface area contributed by atoms with Crippen molar-refractivity contribution in [1.82, 2.24) is 9.80 Å². The Morgan fingerprint density at radius 2 is 0.692 bits per heavy atom. The molecule has 0 radical (unpaired) electrons. The van der Waals surface area contributed by atoms with Gasteiger partial charge >= 0.3 is 11.9 Å². The largest absolute Gasteiger partial charge is 0.461 e. The Hall–Kier alpha value is -2.70. The molecule has 0 saturated heterocycles. The fourth-order valence-corrected chi connectivity index (χ4v) is 6.63. The van der Waals surface area contributed by atoms with E-state index in [1.165, 1.54) is 116 Å². The van der Waals surface area contributed by atoms with E-state index in [1.54, 1.807) is 0 Å². The fourth-order valence-electron chi connectivity index (χ4n) is 6.63. The Balaban J connectivity index is 1.73. The third-order valence-corrected chi connectivity index (χ3v) is 10.1. The van der Waals surface area contributed by atoms with Gasteiger partial charge in [-0.05, 0) is 74.1 Å². The average molecular weight is 721 g/mol. The minimum absolute atomic E-state index is 0.124.